The van der Waals surface area contributed by atoms with Crippen molar-refractivity contribution < 1.29 is 5.21 Å². The molecular formula is C13H12N2O. The van der Waals surface area contributed by atoms with Gasteiger partial charge in [-0.05, 0) is 18.6 Å². The second kappa shape index (κ2) is 4.57. The molecule has 0 aliphatic rings. The Morgan fingerprint density at radius 3 is 2.50 bits per heavy atom. The van der Waals surface area contributed by atoms with Crippen LogP contribution in [0.25, 0.3) is 0 Å². The number of hydrogen-bond donors (Lipinski definition) is 1. The van der Waals surface area contributed by atoms with Gasteiger partial charge in [0.2, 0.25) is 0 Å². The Morgan fingerprint density at radius 2 is 1.88 bits per heavy atom. The van der Waals surface area contributed by atoms with E-state index in [0.29, 0.717) is 11.4 Å². The first-order valence-corrected chi connectivity index (χ1v) is 5.02. The smallest absolute Gasteiger partial charge is 0.135 e. The molecule has 0 saturated heterocycles. The van der Waals surface area contributed by atoms with Gasteiger partial charge in [0.25, 0.3) is 0 Å². The minimum absolute atomic E-state index is 0.499. The monoisotopic (exact) mass is 212 g/mol. The SMILES string of the molecule is Cc1cccnc1C(=NO)c1ccccc1. The van der Waals surface area contributed by atoms with Gasteiger partial charge in [0.1, 0.15) is 5.71 Å². The van der Waals surface area contributed by atoms with Crippen LogP contribution in [0, 0.1) is 6.92 Å². The summed E-state index contributed by atoms with van der Waals surface area (Å²) in [5, 5.41) is 12.4. The van der Waals surface area contributed by atoms with Crippen molar-refractivity contribution in [2.45, 2.75) is 6.92 Å². The van der Waals surface area contributed by atoms with Crippen molar-refractivity contribution in [1.82, 2.24) is 4.98 Å². The van der Waals surface area contributed by atoms with Crippen LogP contribution in [-0.4, -0.2) is 15.9 Å². The van der Waals surface area contributed by atoms with E-state index in [-0.39, 0.29) is 0 Å². The number of oxime groups is 1. The summed E-state index contributed by atoms with van der Waals surface area (Å²) in [6.45, 7) is 1.94. The third-order valence-corrected chi connectivity index (χ3v) is 2.38. The summed E-state index contributed by atoms with van der Waals surface area (Å²) < 4.78 is 0. The Kier molecular flexibility index (Phi) is 2.96. The van der Waals surface area contributed by atoms with E-state index in [4.69, 9.17) is 5.21 Å². The van der Waals surface area contributed by atoms with E-state index in [1.807, 2.05) is 49.4 Å². The van der Waals surface area contributed by atoms with Gasteiger partial charge in [-0.3, -0.25) is 4.98 Å². The predicted octanol–water partition coefficient (Wildman–Crippen LogP) is 2.62. The van der Waals surface area contributed by atoms with Crippen molar-refractivity contribution in [3.8, 4) is 0 Å². The van der Waals surface area contributed by atoms with Crippen LogP contribution in [0.5, 0.6) is 0 Å². The molecule has 0 fully saturated rings. The molecule has 0 atom stereocenters. The van der Waals surface area contributed by atoms with E-state index in [0.717, 1.165) is 11.1 Å². The number of rotatable bonds is 2. The van der Waals surface area contributed by atoms with Gasteiger partial charge in [0, 0.05) is 11.8 Å². The lowest BCUT2D eigenvalue weighted by atomic mass is 10.0. The number of pyridine rings is 1. The Bertz CT molecular complexity index is 506. The van der Waals surface area contributed by atoms with Gasteiger partial charge >= 0.3 is 0 Å². The maximum Gasteiger partial charge on any atom is 0.135 e. The van der Waals surface area contributed by atoms with Crippen molar-refractivity contribution in [2.75, 3.05) is 0 Å². The topological polar surface area (TPSA) is 45.5 Å². The minimum atomic E-state index is 0.499. The lowest BCUT2D eigenvalue weighted by Gasteiger charge is -2.06. The van der Waals surface area contributed by atoms with E-state index in [1.54, 1.807) is 6.20 Å². The Balaban J connectivity index is 2.51. The molecule has 1 aromatic heterocycles. The van der Waals surface area contributed by atoms with E-state index in [1.165, 1.54) is 0 Å². The molecular weight excluding hydrogens is 200 g/mol. The van der Waals surface area contributed by atoms with Crippen molar-refractivity contribution in [1.29, 1.82) is 0 Å². The zero-order chi connectivity index (χ0) is 11.4. The molecule has 3 heteroatoms. The maximum absolute atomic E-state index is 9.11. The highest BCUT2D eigenvalue weighted by Crippen LogP contribution is 2.11. The van der Waals surface area contributed by atoms with Gasteiger partial charge < -0.3 is 5.21 Å². The Labute approximate surface area is 94.1 Å². The lowest BCUT2D eigenvalue weighted by Crippen LogP contribution is -2.07. The predicted molar refractivity (Wildman–Crippen MR) is 62.8 cm³/mol. The number of aryl methyl sites for hydroxylation is 1. The van der Waals surface area contributed by atoms with Crippen molar-refractivity contribution in [3.63, 3.8) is 0 Å². The second-order valence-electron chi connectivity index (χ2n) is 3.48. The van der Waals surface area contributed by atoms with Crippen molar-refractivity contribution in [2.24, 2.45) is 5.16 Å². The molecule has 0 unspecified atom stereocenters. The number of nitrogens with zero attached hydrogens (tertiary/aromatic N) is 2. The molecule has 0 aliphatic heterocycles. The van der Waals surface area contributed by atoms with E-state index in [9.17, 15) is 0 Å². The van der Waals surface area contributed by atoms with Crippen LogP contribution in [-0.2, 0) is 0 Å². The van der Waals surface area contributed by atoms with Crippen LogP contribution in [0.1, 0.15) is 16.8 Å². The van der Waals surface area contributed by atoms with Crippen molar-refractivity contribution in [3.05, 3.63) is 65.5 Å². The molecule has 0 bridgehead atoms. The third kappa shape index (κ3) is 1.93. The first kappa shape index (κ1) is 10.4. The summed E-state index contributed by atoms with van der Waals surface area (Å²) in [5.41, 5.74) is 3.04. The summed E-state index contributed by atoms with van der Waals surface area (Å²) >= 11 is 0. The van der Waals surface area contributed by atoms with Gasteiger partial charge in [0.15, 0.2) is 0 Å². The molecule has 16 heavy (non-hydrogen) atoms. The Morgan fingerprint density at radius 1 is 1.12 bits per heavy atom. The van der Waals surface area contributed by atoms with E-state index >= 15 is 0 Å². The largest absolute Gasteiger partial charge is 0.410 e. The summed E-state index contributed by atoms with van der Waals surface area (Å²) in [6.07, 6.45) is 1.69. The molecule has 0 aliphatic carbocycles. The van der Waals surface area contributed by atoms with E-state index in [2.05, 4.69) is 10.1 Å². The van der Waals surface area contributed by atoms with Crippen LogP contribution in [0.15, 0.2) is 53.8 Å². The summed E-state index contributed by atoms with van der Waals surface area (Å²) in [5.74, 6) is 0. The molecule has 2 rings (SSSR count). The third-order valence-electron chi connectivity index (χ3n) is 2.38. The van der Waals surface area contributed by atoms with Crippen LogP contribution < -0.4 is 0 Å². The van der Waals surface area contributed by atoms with Crippen LogP contribution in [0.3, 0.4) is 0 Å². The zero-order valence-electron chi connectivity index (χ0n) is 8.96. The van der Waals surface area contributed by atoms with Gasteiger partial charge in [-0.2, -0.15) is 0 Å². The highest BCUT2D eigenvalue weighted by molar-refractivity contribution is 6.12. The quantitative estimate of drug-likeness (QED) is 0.472. The maximum atomic E-state index is 9.11. The highest BCUT2D eigenvalue weighted by Gasteiger charge is 2.10. The number of benzene rings is 1. The fraction of sp³-hybridized carbons (Fsp3) is 0.0769. The molecule has 2 aromatic rings. The molecule has 1 N–H and O–H groups in total. The molecule has 0 spiro atoms. The van der Waals surface area contributed by atoms with E-state index < -0.39 is 0 Å². The Hall–Kier alpha value is -2.16. The molecule has 1 aromatic carbocycles. The van der Waals surface area contributed by atoms with Crippen molar-refractivity contribution >= 4 is 5.71 Å². The first-order chi connectivity index (χ1) is 7.83. The number of hydrogen-bond acceptors (Lipinski definition) is 3. The normalized spacial score (nSPS) is 11.4. The summed E-state index contributed by atoms with van der Waals surface area (Å²) in [7, 11) is 0. The minimum Gasteiger partial charge on any atom is -0.410 e. The fourth-order valence-corrected chi connectivity index (χ4v) is 1.57. The molecule has 3 nitrogen and oxygen atoms in total. The molecule has 80 valence electrons. The molecule has 1 heterocycles. The van der Waals surface area contributed by atoms with Gasteiger partial charge in [-0.25, -0.2) is 0 Å². The van der Waals surface area contributed by atoms with Gasteiger partial charge in [-0.1, -0.05) is 41.6 Å². The van der Waals surface area contributed by atoms with Gasteiger partial charge in [0.05, 0.1) is 5.69 Å². The van der Waals surface area contributed by atoms with Gasteiger partial charge in [-0.15, -0.1) is 0 Å². The zero-order valence-corrected chi connectivity index (χ0v) is 8.96. The first-order valence-electron chi connectivity index (χ1n) is 5.02. The average Bonchev–Trinajstić information content (AvgIpc) is 2.34. The lowest BCUT2D eigenvalue weighted by molar-refractivity contribution is 0.319. The highest BCUT2D eigenvalue weighted by atomic mass is 16.4. The van der Waals surface area contributed by atoms with Crippen LogP contribution >= 0.6 is 0 Å². The molecule has 0 radical (unpaired) electrons. The molecule has 0 amide bonds. The fourth-order valence-electron chi connectivity index (χ4n) is 1.57. The average molecular weight is 212 g/mol. The summed E-state index contributed by atoms with van der Waals surface area (Å²) in [4.78, 5) is 4.24. The standard InChI is InChI=1S/C13H12N2O/c1-10-6-5-9-14-12(10)13(15-16)11-7-3-2-4-8-11/h2-9,16H,1H3. The molecule has 0 saturated carbocycles. The second-order valence-corrected chi connectivity index (χ2v) is 3.48. The van der Waals surface area contributed by atoms with Crippen LogP contribution in [0.2, 0.25) is 0 Å². The summed E-state index contributed by atoms with van der Waals surface area (Å²) in [6, 6.07) is 13.3. The number of aromatic nitrogens is 1. The van der Waals surface area contributed by atoms with Crippen LogP contribution in [0.4, 0.5) is 0 Å².